The van der Waals surface area contributed by atoms with Crippen LogP contribution in [0.5, 0.6) is 11.5 Å². The second-order valence-electron chi connectivity index (χ2n) is 6.10. The number of rotatable bonds is 5. The van der Waals surface area contributed by atoms with Crippen molar-refractivity contribution in [3.63, 3.8) is 0 Å². The maximum atomic E-state index is 12.1. The third kappa shape index (κ3) is 4.68. The molecule has 8 heteroatoms. The minimum atomic E-state index is -0.714. The number of methoxy groups -OCH3 is 1. The lowest BCUT2D eigenvalue weighted by Gasteiger charge is -2.24. The largest absolute Gasteiger partial charge is 0.497 e. The van der Waals surface area contributed by atoms with Crippen molar-refractivity contribution in [3.8, 4) is 11.5 Å². The van der Waals surface area contributed by atoms with Crippen molar-refractivity contribution >= 4 is 17.6 Å². The highest BCUT2D eigenvalue weighted by molar-refractivity contribution is 5.89. The zero-order valence-electron chi connectivity index (χ0n) is 14.8. The first-order valence-electron chi connectivity index (χ1n) is 8.50. The number of carbonyl (C=O) groups is 2. The van der Waals surface area contributed by atoms with Gasteiger partial charge in [-0.1, -0.05) is 12.1 Å². The van der Waals surface area contributed by atoms with E-state index in [1.165, 1.54) is 0 Å². The fourth-order valence-electron chi connectivity index (χ4n) is 2.82. The second kappa shape index (κ2) is 8.41. The number of urea groups is 1. The molecule has 1 unspecified atom stereocenters. The van der Waals surface area contributed by atoms with Crippen LogP contribution >= 0.6 is 0 Å². The van der Waals surface area contributed by atoms with Crippen molar-refractivity contribution in [2.24, 2.45) is 0 Å². The van der Waals surface area contributed by atoms with Crippen LogP contribution in [0.25, 0.3) is 0 Å². The van der Waals surface area contributed by atoms with Crippen LogP contribution in [0.3, 0.4) is 0 Å². The summed E-state index contributed by atoms with van der Waals surface area (Å²) in [6, 6.07) is 12.3. The SMILES string of the molecule is COc1ccc(CNC(=O)Nc2ccc3c(c2)CCC(C(=O)NO)O3)cc1. The minimum absolute atomic E-state index is 0.319. The van der Waals surface area contributed by atoms with Crippen LogP contribution in [0, 0.1) is 0 Å². The van der Waals surface area contributed by atoms with E-state index in [4.69, 9.17) is 14.7 Å². The van der Waals surface area contributed by atoms with Gasteiger partial charge in [0, 0.05) is 12.2 Å². The van der Waals surface area contributed by atoms with E-state index in [0.717, 1.165) is 16.9 Å². The number of fused-ring (bicyclic) bond motifs is 1. The van der Waals surface area contributed by atoms with E-state index in [1.54, 1.807) is 24.7 Å². The molecule has 27 heavy (non-hydrogen) atoms. The summed E-state index contributed by atoms with van der Waals surface area (Å²) in [6.07, 6.45) is 0.345. The molecule has 0 aromatic heterocycles. The Bertz CT molecular complexity index is 823. The average Bonchev–Trinajstić information content (AvgIpc) is 2.71. The fraction of sp³-hybridized carbons (Fsp3) is 0.263. The molecule has 0 spiro atoms. The lowest BCUT2D eigenvalue weighted by molar-refractivity contribution is -0.137. The highest BCUT2D eigenvalue weighted by Crippen LogP contribution is 2.30. The summed E-state index contributed by atoms with van der Waals surface area (Å²) in [7, 11) is 1.60. The highest BCUT2D eigenvalue weighted by atomic mass is 16.5. The van der Waals surface area contributed by atoms with Gasteiger partial charge in [-0.15, -0.1) is 0 Å². The zero-order chi connectivity index (χ0) is 19.2. The highest BCUT2D eigenvalue weighted by Gasteiger charge is 2.26. The molecule has 142 valence electrons. The molecule has 1 aliphatic heterocycles. The van der Waals surface area contributed by atoms with Crippen molar-refractivity contribution in [1.82, 2.24) is 10.8 Å². The zero-order valence-corrected chi connectivity index (χ0v) is 14.8. The molecule has 0 fully saturated rings. The Morgan fingerprint density at radius 1 is 1.22 bits per heavy atom. The van der Waals surface area contributed by atoms with Crippen molar-refractivity contribution in [1.29, 1.82) is 0 Å². The summed E-state index contributed by atoms with van der Waals surface area (Å²) < 4.78 is 10.7. The number of amides is 3. The summed E-state index contributed by atoms with van der Waals surface area (Å²) >= 11 is 0. The van der Waals surface area contributed by atoms with E-state index in [2.05, 4.69) is 10.6 Å². The van der Waals surface area contributed by atoms with Crippen molar-refractivity contribution in [2.45, 2.75) is 25.5 Å². The average molecular weight is 371 g/mol. The number of ether oxygens (including phenoxy) is 2. The minimum Gasteiger partial charge on any atom is -0.497 e. The van der Waals surface area contributed by atoms with Gasteiger partial charge < -0.3 is 20.1 Å². The third-order valence-corrected chi connectivity index (χ3v) is 4.28. The van der Waals surface area contributed by atoms with Crippen LogP contribution in [-0.4, -0.2) is 30.4 Å². The molecular formula is C19H21N3O5. The molecule has 0 bridgehead atoms. The predicted molar refractivity (Wildman–Crippen MR) is 98.0 cm³/mol. The standard InChI is InChI=1S/C19H21N3O5/c1-26-15-6-2-12(3-7-15)11-20-19(24)21-14-5-9-16-13(10-14)4-8-17(27-16)18(23)22-25/h2-3,5-7,9-10,17,25H,4,8,11H2,1H3,(H,22,23)(H2,20,21,24). The molecule has 1 aliphatic rings. The smallest absolute Gasteiger partial charge is 0.319 e. The van der Waals surface area contributed by atoms with Gasteiger partial charge in [-0.25, -0.2) is 10.3 Å². The summed E-state index contributed by atoms with van der Waals surface area (Å²) in [5.41, 5.74) is 4.08. The van der Waals surface area contributed by atoms with Crippen LogP contribution in [0.15, 0.2) is 42.5 Å². The Morgan fingerprint density at radius 2 is 2.00 bits per heavy atom. The molecular weight excluding hydrogens is 350 g/mol. The predicted octanol–water partition coefficient (Wildman–Crippen LogP) is 2.22. The maximum Gasteiger partial charge on any atom is 0.319 e. The Labute approximate surface area is 156 Å². The first kappa shape index (κ1) is 18.5. The Morgan fingerprint density at radius 3 is 2.70 bits per heavy atom. The number of hydrogen-bond acceptors (Lipinski definition) is 5. The monoisotopic (exact) mass is 371 g/mol. The lowest BCUT2D eigenvalue weighted by atomic mass is 10.0. The molecule has 1 heterocycles. The van der Waals surface area contributed by atoms with Gasteiger partial charge in [0.25, 0.3) is 5.91 Å². The molecule has 2 aromatic carbocycles. The number of hydrogen-bond donors (Lipinski definition) is 4. The van der Waals surface area contributed by atoms with E-state index in [9.17, 15) is 9.59 Å². The van der Waals surface area contributed by atoms with Gasteiger partial charge in [0.1, 0.15) is 11.5 Å². The Balaban J connectivity index is 1.55. The van der Waals surface area contributed by atoms with Crippen LogP contribution in [-0.2, 0) is 17.8 Å². The molecule has 3 amide bonds. The van der Waals surface area contributed by atoms with Gasteiger partial charge in [-0.3, -0.25) is 10.0 Å². The van der Waals surface area contributed by atoms with Gasteiger partial charge in [-0.2, -0.15) is 0 Å². The van der Waals surface area contributed by atoms with Gasteiger partial charge in [0.2, 0.25) is 0 Å². The molecule has 0 radical (unpaired) electrons. The number of hydroxylamine groups is 1. The van der Waals surface area contributed by atoms with Crippen LogP contribution < -0.4 is 25.6 Å². The lowest BCUT2D eigenvalue weighted by Crippen LogP contribution is -2.38. The maximum absolute atomic E-state index is 12.1. The summed E-state index contributed by atoms with van der Waals surface area (Å²) in [5, 5.41) is 14.3. The van der Waals surface area contributed by atoms with Gasteiger partial charge in [0.15, 0.2) is 6.10 Å². The summed E-state index contributed by atoms with van der Waals surface area (Å²) in [4.78, 5) is 23.6. The van der Waals surface area contributed by atoms with Crippen LogP contribution in [0.1, 0.15) is 17.5 Å². The third-order valence-electron chi connectivity index (χ3n) is 4.28. The molecule has 8 nitrogen and oxygen atoms in total. The number of nitrogens with one attached hydrogen (secondary N) is 3. The Kier molecular flexibility index (Phi) is 5.77. The molecule has 1 atom stereocenters. The topological polar surface area (TPSA) is 109 Å². The van der Waals surface area contributed by atoms with E-state index in [0.29, 0.717) is 30.8 Å². The number of anilines is 1. The van der Waals surface area contributed by atoms with E-state index in [1.807, 2.05) is 30.3 Å². The van der Waals surface area contributed by atoms with Crippen molar-refractivity contribution in [2.75, 3.05) is 12.4 Å². The van der Waals surface area contributed by atoms with Crippen molar-refractivity contribution < 1.29 is 24.3 Å². The molecule has 2 aromatic rings. The molecule has 3 rings (SSSR count). The molecule has 4 N–H and O–H groups in total. The number of benzene rings is 2. The fourth-order valence-corrected chi connectivity index (χ4v) is 2.82. The Hall–Kier alpha value is -3.26. The number of carbonyl (C=O) groups excluding carboxylic acids is 2. The van der Waals surface area contributed by atoms with Gasteiger partial charge in [0.05, 0.1) is 7.11 Å². The van der Waals surface area contributed by atoms with Crippen LogP contribution in [0.2, 0.25) is 0 Å². The van der Waals surface area contributed by atoms with Crippen molar-refractivity contribution in [3.05, 3.63) is 53.6 Å². The first-order valence-corrected chi connectivity index (χ1v) is 8.50. The summed E-state index contributed by atoms with van der Waals surface area (Å²) in [5.74, 6) is 0.762. The van der Waals surface area contributed by atoms with Crippen LogP contribution in [0.4, 0.5) is 10.5 Å². The van der Waals surface area contributed by atoms with Gasteiger partial charge in [-0.05, 0) is 54.3 Å². The van der Waals surface area contributed by atoms with E-state index < -0.39 is 12.0 Å². The quantitative estimate of drug-likeness (QED) is 0.476. The molecule has 0 aliphatic carbocycles. The summed E-state index contributed by atoms with van der Waals surface area (Å²) in [6.45, 7) is 0.391. The van der Waals surface area contributed by atoms with E-state index in [-0.39, 0.29) is 6.03 Å². The second-order valence-corrected chi connectivity index (χ2v) is 6.10. The molecule has 0 saturated heterocycles. The first-order chi connectivity index (χ1) is 13.1. The molecule has 0 saturated carbocycles. The number of aryl methyl sites for hydroxylation is 1. The normalized spacial score (nSPS) is 15.1. The van der Waals surface area contributed by atoms with Gasteiger partial charge >= 0.3 is 6.03 Å². The van der Waals surface area contributed by atoms with E-state index >= 15 is 0 Å².